The van der Waals surface area contributed by atoms with Crippen LogP contribution in [0.4, 0.5) is 0 Å². The van der Waals surface area contributed by atoms with E-state index in [0.717, 1.165) is 0 Å². The van der Waals surface area contributed by atoms with Crippen LogP contribution in [0, 0.1) is 0 Å². The Kier molecular flexibility index (Phi) is 14.0. The first-order valence-corrected chi connectivity index (χ1v) is 12.0. The van der Waals surface area contributed by atoms with E-state index in [2.05, 4.69) is 13.8 Å². The molecule has 0 radical (unpaired) electrons. The Morgan fingerprint density at radius 1 is 0.750 bits per heavy atom. The van der Waals surface area contributed by atoms with Crippen LogP contribution in [-0.4, -0.2) is 49.9 Å². The molecule has 0 atom stereocenters. The maximum absolute atomic E-state index is 9.19. The smallest absolute Gasteiger partial charge is 0.261 e. The molecule has 1 fully saturated rings. The fourth-order valence-electron chi connectivity index (χ4n) is 3.80. The SMILES string of the molecule is CCCCCCCCCCC[N+]1(CCC)CCCC1.CS(=O)(=O)O. The zero-order valence-electron chi connectivity index (χ0n) is 16.4. The molecule has 0 bridgehead atoms. The first-order chi connectivity index (χ1) is 11.3. The summed E-state index contributed by atoms with van der Waals surface area (Å²) < 4.78 is 27.3. The Labute approximate surface area is 151 Å². The molecule has 1 heterocycles. The number of rotatable bonds is 12. The van der Waals surface area contributed by atoms with E-state index >= 15 is 0 Å². The Morgan fingerprint density at radius 2 is 1.17 bits per heavy atom. The monoisotopic (exact) mass is 364 g/mol. The van der Waals surface area contributed by atoms with Crippen LogP contribution in [-0.2, 0) is 10.1 Å². The van der Waals surface area contributed by atoms with Crippen LogP contribution in [0.15, 0.2) is 0 Å². The van der Waals surface area contributed by atoms with Gasteiger partial charge in [-0.25, -0.2) is 0 Å². The van der Waals surface area contributed by atoms with Gasteiger partial charge in [0.15, 0.2) is 0 Å². The predicted octanol–water partition coefficient (Wildman–Crippen LogP) is 5.04. The highest BCUT2D eigenvalue weighted by Crippen LogP contribution is 2.21. The van der Waals surface area contributed by atoms with Gasteiger partial charge in [0.1, 0.15) is 0 Å². The van der Waals surface area contributed by atoms with Gasteiger partial charge in [-0.15, -0.1) is 0 Å². The molecule has 0 amide bonds. The zero-order valence-corrected chi connectivity index (χ0v) is 17.2. The molecule has 0 aliphatic carbocycles. The van der Waals surface area contributed by atoms with Crippen LogP contribution in [0.1, 0.15) is 90.9 Å². The van der Waals surface area contributed by atoms with Crippen LogP contribution in [0.5, 0.6) is 0 Å². The lowest BCUT2D eigenvalue weighted by molar-refractivity contribution is -0.917. The van der Waals surface area contributed by atoms with Crippen molar-refractivity contribution in [2.75, 3.05) is 32.4 Å². The molecule has 1 saturated heterocycles. The summed E-state index contributed by atoms with van der Waals surface area (Å²) in [6.07, 6.45) is 18.2. The summed E-state index contributed by atoms with van der Waals surface area (Å²) in [6, 6.07) is 0. The summed E-state index contributed by atoms with van der Waals surface area (Å²) in [5.41, 5.74) is 0. The third kappa shape index (κ3) is 15.4. The molecule has 0 aromatic rings. The van der Waals surface area contributed by atoms with E-state index in [1.165, 1.54) is 108 Å². The molecule has 1 rings (SSSR count). The average Bonchev–Trinajstić information content (AvgIpc) is 2.93. The Balaban J connectivity index is 0.000000922. The lowest BCUT2D eigenvalue weighted by Gasteiger charge is -2.34. The second-order valence-corrected chi connectivity index (χ2v) is 8.97. The van der Waals surface area contributed by atoms with E-state index < -0.39 is 10.1 Å². The molecule has 146 valence electrons. The summed E-state index contributed by atoms with van der Waals surface area (Å²) in [7, 11) is -3.67. The number of hydrogen-bond donors (Lipinski definition) is 1. The van der Waals surface area contributed by atoms with Gasteiger partial charge in [-0.05, 0) is 19.3 Å². The highest BCUT2D eigenvalue weighted by Gasteiger charge is 2.29. The molecule has 24 heavy (non-hydrogen) atoms. The minimum atomic E-state index is -3.67. The molecule has 1 aliphatic heterocycles. The zero-order chi connectivity index (χ0) is 18.3. The van der Waals surface area contributed by atoms with Crippen molar-refractivity contribution in [2.45, 2.75) is 90.9 Å². The van der Waals surface area contributed by atoms with E-state index in [0.29, 0.717) is 6.26 Å². The predicted molar refractivity (Wildman–Crippen MR) is 104 cm³/mol. The first kappa shape index (κ1) is 23.9. The largest absolute Gasteiger partial charge is 0.324 e. The highest BCUT2D eigenvalue weighted by molar-refractivity contribution is 7.85. The van der Waals surface area contributed by atoms with Gasteiger partial charge in [0.25, 0.3) is 10.1 Å². The number of likely N-dealkylation sites (tertiary alicyclic amines) is 1. The van der Waals surface area contributed by atoms with Crippen molar-refractivity contribution in [2.24, 2.45) is 0 Å². The van der Waals surface area contributed by atoms with Crippen molar-refractivity contribution < 1.29 is 17.5 Å². The standard InChI is InChI=1S/C18H38N.CH4O3S/c1-3-5-6-7-8-9-10-11-12-16-19(15-4-2)17-13-14-18-19;1-5(2,3)4/h3-18H2,1-2H3;1H3,(H,2,3,4)/q+1;. The average molecular weight is 365 g/mol. The van der Waals surface area contributed by atoms with Crippen LogP contribution >= 0.6 is 0 Å². The van der Waals surface area contributed by atoms with Crippen molar-refractivity contribution in [1.82, 2.24) is 0 Å². The maximum Gasteiger partial charge on any atom is 0.261 e. The normalized spacial score (nSPS) is 16.7. The number of nitrogens with zero attached hydrogens (tertiary/aromatic N) is 1. The van der Waals surface area contributed by atoms with Gasteiger partial charge >= 0.3 is 0 Å². The molecular weight excluding hydrogens is 322 g/mol. The van der Waals surface area contributed by atoms with E-state index in [-0.39, 0.29) is 0 Å². The number of quaternary nitrogens is 1. The third-order valence-corrected chi connectivity index (χ3v) is 4.95. The van der Waals surface area contributed by atoms with Crippen LogP contribution in [0.25, 0.3) is 0 Å². The minimum absolute atomic E-state index is 0.715. The lowest BCUT2D eigenvalue weighted by Crippen LogP contribution is -2.46. The van der Waals surface area contributed by atoms with Crippen molar-refractivity contribution >= 4 is 10.1 Å². The van der Waals surface area contributed by atoms with Gasteiger partial charge in [0.05, 0.1) is 32.4 Å². The molecule has 0 aromatic carbocycles. The quantitative estimate of drug-likeness (QED) is 0.300. The second-order valence-electron chi connectivity index (χ2n) is 7.50. The summed E-state index contributed by atoms with van der Waals surface area (Å²) in [5, 5.41) is 0. The van der Waals surface area contributed by atoms with E-state index in [1.807, 2.05) is 0 Å². The van der Waals surface area contributed by atoms with Crippen LogP contribution in [0.2, 0.25) is 0 Å². The lowest BCUT2D eigenvalue weighted by atomic mass is 10.1. The molecule has 4 nitrogen and oxygen atoms in total. The van der Waals surface area contributed by atoms with Gasteiger partial charge in [-0.1, -0.05) is 58.8 Å². The Morgan fingerprint density at radius 3 is 1.58 bits per heavy atom. The number of unbranched alkanes of at least 4 members (excludes halogenated alkanes) is 8. The van der Waals surface area contributed by atoms with Gasteiger partial charge in [0, 0.05) is 12.8 Å². The van der Waals surface area contributed by atoms with Gasteiger partial charge in [-0.3, -0.25) is 4.55 Å². The van der Waals surface area contributed by atoms with Gasteiger partial charge < -0.3 is 4.48 Å². The van der Waals surface area contributed by atoms with E-state index in [4.69, 9.17) is 4.55 Å². The summed E-state index contributed by atoms with van der Waals surface area (Å²) in [6.45, 7) is 10.5. The van der Waals surface area contributed by atoms with Gasteiger partial charge in [0.2, 0.25) is 0 Å². The summed E-state index contributed by atoms with van der Waals surface area (Å²) >= 11 is 0. The summed E-state index contributed by atoms with van der Waals surface area (Å²) in [4.78, 5) is 0. The molecule has 5 heteroatoms. The fourth-order valence-corrected chi connectivity index (χ4v) is 3.80. The molecular formula is C19H42NO3S+. The van der Waals surface area contributed by atoms with Crippen molar-refractivity contribution in [3.8, 4) is 0 Å². The molecule has 0 saturated carbocycles. The van der Waals surface area contributed by atoms with Crippen molar-refractivity contribution in [3.63, 3.8) is 0 Å². The number of hydrogen-bond acceptors (Lipinski definition) is 2. The second kappa shape index (κ2) is 14.1. The molecule has 0 spiro atoms. The highest BCUT2D eigenvalue weighted by atomic mass is 32.2. The molecule has 1 N–H and O–H groups in total. The van der Waals surface area contributed by atoms with Crippen LogP contribution in [0.3, 0.4) is 0 Å². The minimum Gasteiger partial charge on any atom is -0.324 e. The fraction of sp³-hybridized carbons (Fsp3) is 1.00. The Bertz CT molecular complexity index is 368. The van der Waals surface area contributed by atoms with Crippen LogP contribution < -0.4 is 0 Å². The van der Waals surface area contributed by atoms with Crippen molar-refractivity contribution in [3.05, 3.63) is 0 Å². The van der Waals surface area contributed by atoms with Gasteiger partial charge in [-0.2, -0.15) is 8.42 Å². The molecule has 0 aromatic heterocycles. The molecule has 0 unspecified atom stereocenters. The van der Waals surface area contributed by atoms with Crippen molar-refractivity contribution in [1.29, 1.82) is 0 Å². The van der Waals surface area contributed by atoms with E-state index in [1.54, 1.807) is 0 Å². The van der Waals surface area contributed by atoms with E-state index in [9.17, 15) is 8.42 Å². The summed E-state index contributed by atoms with van der Waals surface area (Å²) in [5.74, 6) is 0. The topological polar surface area (TPSA) is 54.4 Å². The maximum atomic E-state index is 9.19. The molecule has 1 aliphatic rings. The third-order valence-electron chi connectivity index (χ3n) is 4.95. The first-order valence-electron chi connectivity index (χ1n) is 10.1. The Hall–Kier alpha value is -0.130.